The third-order valence-electron chi connectivity index (χ3n) is 3.01. The molecule has 0 saturated heterocycles. The number of carbonyl (C=O) groups is 1. The molecule has 3 nitrogen and oxygen atoms in total. The van der Waals surface area contributed by atoms with Gasteiger partial charge in [-0.25, -0.2) is 5.43 Å². The summed E-state index contributed by atoms with van der Waals surface area (Å²) < 4.78 is 0. The van der Waals surface area contributed by atoms with Crippen LogP contribution in [0, 0.1) is 0 Å². The van der Waals surface area contributed by atoms with E-state index in [9.17, 15) is 4.79 Å². The van der Waals surface area contributed by atoms with Crippen molar-refractivity contribution in [3.05, 3.63) is 70.7 Å². The maximum Gasteiger partial charge on any atom is 0.240 e. The Morgan fingerprint density at radius 1 is 1.10 bits per heavy atom. The minimum atomic E-state index is -0.0887. The van der Waals surface area contributed by atoms with Crippen LogP contribution in [-0.4, -0.2) is 12.1 Å². The molecule has 1 amide bonds. The molecule has 0 unspecified atom stereocenters. The second-order valence-corrected chi connectivity index (χ2v) is 5.06. The summed E-state index contributed by atoms with van der Waals surface area (Å²) in [5.41, 5.74) is 4.54. The van der Waals surface area contributed by atoms with Gasteiger partial charge in [0.25, 0.3) is 0 Å². The number of aryl methyl sites for hydroxylation is 1. The number of hydrogen-bond acceptors (Lipinski definition) is 2. The zero-order valence-electron chi connectivity index (χ0n) is 11.6. The monoisotopic (exact) mass is 300 g/mol. The first-order valence-electron chi connectivity index (χ1n) is 6.86. The summed E-state index contributed by atoms with van der Waals surface area (Å²) in [7, 11) is 0. The van der Waals surface area contributed by atoms with Gasteiger partial charge in [0.1, 0.15) is 0 Å². The van der Waals surface area contributed by atoms with E-state index in [0.717, 1.165) is 18.4 Å². The first-order chi connectivity index (χ1) is 10.3. The number of hydrogen-bond donors (Lipinski definition) is 1. The highest BCUT2D eigenvalue weighted by molar-refractivity contribution is 6.33. The van der Waals surface area contributed by atoms with Crippen molar-refractivity contribution in [3.8, 4) is 0 Å². The normalized spacial score (nSPS) is 10.7. The summed E-state index contributed by atoms with van der Waals surface area (Å²) in [5.74, 6) is -0.0887. The average molecular weight is 301 g/mol. The van der Waals surface area contributed by atoms with Gasteiger partial charge < -0.3 is 0 Å². The predicted octanol–water partition coefficient (Wildman–Crippen LogP) is 3.81. The standard InChI is InChI=1S/C17H17ClN2O/c18-16-11-5-4-10-15(16)13-19-20-17(21)12-6-9-14-7-2-1-3-8-14/h1-5,7-8,10-11,13H,6,9,12H2,(H,20,21). The number of halogens is 1. The lowest BCUT2D eigenvalue weighted by Gasteiger charge is -2.01. The third-order valence-corrected chi connectivity index (χ3v) is 3.35. The van der Waals surface area contributed by atoms with Gasteiger partial charge in [-0.3, -0.25) is 4.79 Å². The summed E-state index contributed by atoms with van der Waals surface area (Å²) in [4.78, 5) is 11.7. The Morgan fingerprint density at radius 2 is 1.81 bits per heavy atom. The maximum atomic E-state index is 11.7. The minimum Gasteiger partial charge on any atom is -0.273 e. The largest absolute Gasteiger partial charge is 0.273 e. The number of nitrogens with zero attached hydrogens (tertiary/aromatic N) is 1. The van der Waals surface area contributed by atoms with E-state index in [4.69, 9.17) is 11.6 Å². The van der Waals surface area contributed by atoms with Crippen molar-refractivity contribution in [2.75, 3.05) is 0 Å². The molecule has 2 rings (SSSR count). The maximum absolute atomic E-state index is 11.7. The number of carbonyl (C=O) groups excluding carboxylic acids is 1. The van der Waals surface area contributed by atoms with Crippen molar-refractivity contribution in [1.29, 1.82) is 0 Å². The van der Waals surface area contributed by atoms with Gasteiger partial charge in [0.05, 0.1) is 6.21 Å². The number of hydrazone groups is 1. The summed E-state index contributed by atoms with van der Waals surface area (Å²) in [6.07, 6.45) is 3.70. The van der Waals surface area contributed by atoms with Crippen LogP contribution in [-0.2, 0) is 11.2 Å². The molecule has 21 heavy (non-hydrogen) atoms. The Labute approximate surface area is 129 Å². The third kappa shape index (κ3) is 5.40. The van der Waals surface area contributed by atoms with E-state index >= 15 is 0 Å². The highest BCUT2D eigenvalue weighted by Gasteiger charge is 2.00. The Morgan fingerprint density at radius 3 is 2.57 bits per heavy atom. The zero-order valence-corrected chi connectivity index (χ0v) is 12.4. The number of benzene rings is 2. The number of amides is 1. The Kier molecular flexibility index (Phi) is 5.98. The van der Waals surface area contributed by atoms with Gasteiger partial charge in [-0.15, -0.1) is 0 Å². The van der Waals surface area contributed by atoms with Crippen LogP contribution >= 0.6 is 11.6 Å². The van der Waals surface area contributed by atoms with Crippen LogP contribution in [0.5, 0.6) is 0 Å². The van der Waals surface area contributed by atoms with Gasteiger partial charge in [-0.2, -0.15) is 5.10 Å². The van der Waals surface area contributed by atoms with E-state index in [1.165, 1.54) is 5.56 Å². The van der Waals surface area contributed by atoms with Gasteiger partial charge in [-0.1, -0.05) is 60.1 Å². The van der Waals surface area contributed by atoms with Gasteiger partial charge >= 0.3 is 0 Å². The van der Waals surface area contributed by atoms with Crippen LogP contribution < -0.4 is 5.43 Å². The van der Waals surface area contributed by atoms with E-state index in [-0.39, 0.29) is 5.91 Å². The van der Waals surface area contributed by atoms with Crippen molar-refractivity contribution in [1.82, 2.24) is 5.43 Å². The molecule has 0 spiro atoms. The van der Waals surface area contributed by atoms with E-state index in [1.54, 1.807) is 12.3 Å². The molecule has 0 atom stereocenters. The molecule has 0 aliphatic carbocycles. The lowest BCUT2D eigenvalue weighted by Crippen LogP contribution is -2.17. The number of nitrogens with one attached hydrogen (secondary N) is 1. The topological polar surface area (TPSA) is 41.5 Å². The first-order valence-corrected chi connectivity index (χ1v) is 7.24. The van der Waals surface area contributed by atoms with Crippen molar-refractivity contribution < 1.29 is 4.79 Å². The smallest absolute Gasteiger partial charge is 0.240 e. The highest BCUT2D eigenvalue weighted by atomic mass is 35.5. The summed E-state index contributed by atoms with van der Waals surface area (Å²) in [5, 5.41) is 4.53. The minimum absolute atomic E-state index is 0.0887. The summed E-state index contributed by atoms with van der Waals surface area (Å²) in [6.45, 7) is 0. The number of rotatable bonds is 6. The molecule has 0 bridgehead atoms. The van der Waals surface area contributed by atoms with Crippen LogP contribution in [0.3, 0.4) is 0 Å². The van der Waals surface area contributed by atoms with E-state index < -0.39 is 0 Å². The molecular formula is C17H17ClN2O. The van der Waals surface area contributed by atoms with Gasteiger partial charge in [-0.05, 0) is 24.5 Å². The molecule has 0 aromatic heterocycles. The molecule has 0 aliphatic heterocycles. The van der Waals surface area contributed by atoms with Gasteiger partial charge in [0.15, 0.2) is 0 Å². The van der Waals surface area contributed by atoms with E-state index in [1.807, 2.05) is 36.4 Å². The molecular weight excluding hydrogens is 284 g/mol. The predicted molar refractivity (Wildman–Crippen MR) is 86.6 cm³/mol. The molecule has 0 aliphatic rings. The van der Waals surface area contributed by atoms with Crippen LogP contribution in [0.25, 0.3) is 0 Å². The molecule has 0 radical (unpaired) electrons. The van der Waals surface area contributed by atoms with Gasteiger partial charge in [0, 0.05) is 17.0 Å². The molecule has 0 fully saturated rings. The molecule has 4 heteroatoms. The SMILES string of the molecule is O=C(CCCc1ccccc1)NN=Cc1ccccc1Cl. The van der Waals surface area contributed by atoms with Gasteiger partial charge in [0.2, 0.25) is 5.91 Å². The lowest BCUT2D eigenvalue weighted by atomic mass is 10.1. The summed E-state index contributed by atoms with van der Waals surface area (Å²) in [6, 6.07) is 17.5. The van der Waals surface area contributed by atoms with Crippen LogP contribution in [0.1, 0.15) is 24.0 Å². The molecule has 2 aromatic rings. The highest BCUT2D eigenvalue weighted by Crippen LogP contribution is 2.12. The lowest BCUT2D eigenvalue weighted by molar-refractivity contribution is -0.121. The van der Waals surface area contributed by atoms with Crippen molar-refractivity contribution in [2.45, 2.75) is 19.3 Å². The Balaban J connectivity index is 1.71. The second-order valence-electron chi connectivity index (χ2n) is 4.65. The van der Waals surface area contributed by atoms with Crippen molar-refractivity contribution >= 4 is 23.7 Å². The molecule has 0 heterocycles. The molecule has 1 N–H and O–H groups in total. The second kappa shape index (κ2) is 8.22. The van der Waals surface area contributed by atoms with Crippen LogP contribution in [0.2, 0.25) is 5.02 Å². The Hall–Kier alpha value is -2.13. The van der Waals surface area contributed by atoms with Crippen molar-refractivity contribution in [3.63, 3.8) is 0 Å². The van der Waals surface area contributed by atoms with E-state index in [2.05, 4.69) is 22.7 Å². The quantitative estimate of drug-likeness (QED) is 0.639. The zero-order chi connectivity index (χ0) is 14.9. The summed E-state index contributed by atoms with van der Waals surface area (Å²) >= 11 is 5.99. The molecule has 108 valence electrons. The average Bonchev–Trinajstić information content (AvgIpc) is 2.50. The fourth-order valence-corrected chi connectivity index (χ4v) is 2.09. The molecule has 0 saturated carbocycles. The fraction of sp³-hybridized carbons (Fsp3) is 0.176. The first kappa shape index (κ1) is 15.3. The van der Waals surface area contributed by atoms with E-state index in [0.29, 0.717) is 11.4 Å². The fourth-order valence-electron chi connectivity index (χ4n) is 1.91. The van der Waals surface area contributed by atoms with Crippen LogP contribution in [0.4, 0.5) is 0 Å². The molecule has 2 aromatic carbocycles. The van der Waals surface area contributed by atoms with Crippen molar-refractivity contribution in [2.24, 2.45) is 5.10 Å². The van der Waals surface area contributed by atoms with Crippen LogP contribution in [0.15, 0.2) is 59.7 Å². The Bertz CT molecular complexity index is 611.